The number of tetrazole rings is 1. The van der Waals surface area contributed by atoms with Crippen molar-refractivity contribution in [3.8, 4) is 17.2 Å². The number of benzene rings is 1. The Bertz CT molecular complexity index is 1230. The third-order valence-electron chi connectivity index (χ3n) is 4.69. The maximum absolute atomic E-state index is 4.51. The van der Waals surface area contributed by atoms with Crippen molar-refractivity contribution in [1.82, 2.24) is 39.6 Å². The van der Waals surface area contributed by atoms with Crippen LogP contribution in [-0.4, -0.2) is 46.6 Å². The number of nitrogens with one attached hydrogen (secondary N) is 1. The van der Waals surface area contributed by atoms with E-state index in [2.05, 4.69) is 59.8 Å². The molecular formula is C19H17N9. The van der Waals surface area contributed by atoms with Crippen molar-refractivity contribution in [2.24, 2.45) is 0 Å². The molecule has 0 aliphatic rings. The van der Waals surface area contributed by atoms with Crippen LogP contribution in [0.15, 0.2) is 61.2 Å². The second kappa shape index (κ2) is 6.31. The molecule has 0 aliphatic heterocycles. The van der Waals surface area contributed by atoms with Crippen LogP contribution in [-0.2, 0) is 0 Å². The molecule has 0 spiro atoms. The summed E-state index contributed by atoms with van der Waals surface area (Å²) in [4.78, 5) is 10.8. The summed E-state index contributed by atoms with van der Waals surface area (Å²) in [6, 6.07) is 14.3. The number of H-pyrrole nitrogens is 1. The zero-order chi connectivity index (χ0) is 19.1. The van der Waals surface area contributed by atoms with Crippen LogP contribution in [0, 0.1) is 6.92 Å². The van der Waals surface area contributed by atoms with Crippen molar-refractivity contribution < 1.29 is 0 Å². The first-order valence-electron chi connectivity index (χ1n) is 8.76. The molecule has 0 radical (unpaired) electrons. The van der Waals surface area contributed by atoms with Crippen LogP contribution in [0.5, 0.6) is 0 Å². The summed E-state index contributed by atoms with van der Waals surface area (Å²) in [6.07, 6.45) is 5.52. The van der Waals surface area contributed by atoms with E-state index in [0.29, 0.717) is 5.82 Å². The standard InChI is InChI=1S/C19H17N9/c1-13-10-18(28-12-20-11-17(28)21-13)26(2)14-5-7-15(8-6-14)27-9-3-4-16(27)19-22-24-25-23-19/h3-12H,1-2H3,(H,22,23,24,25). The third kappa shape index (κ3) is 2.60. The Balaban J connectivity index is 1.51. The lowest BCUT2D eigenvalue weighted by atomic mass is 10.2. The predicted octanol–water partition coefficient (Wildman–Crippen LogP) is 2.78. The van der Waals surface area contributed by atoms with Gasteiger partial charge >= 0.3 is 0 Å². The minimum Gasteiger partial charge on any atom is -0.330 e. The molecule has 0 amide bonds. The molecule has 0 aliphatic carbocycles. The Morgan fingerprint density at radius 3 is 2.75 bits per heavy atom. The molecule has 5 rings (SSSR count). The number of hydrogen-bond donors (Lipinski definition) is 1. The number of aryl methyl sites for hydroxylation is 1. The summed E-state index contributed by atoms with van der Waals surface area (Å²) in [5.74, 6) is 1.63. The van der Waals surface area contributed by atoms with Crippen molar-refractivity contribution in [3.05, 3.63) is 66.9 Å². The summed E-state index contributed by atoms with van der Waals surface area (Å²) in [6.45, 7) is 1.99. The Kier molecular flexibility index (Phi) is 3.64. The average molecular weight is 371 g/mol. The predicted molar refractivity (Wildman–Crippen MR) is 105 cm³/mol. The molecule has 0 fully saturated rings. The van der Waals surface area contributed by atoms with Crippen LogP contribution in [0.25, 0.3) is 22.9 Å². The maximum Gasteiger partial charge on any atom is 0.196 e. The van der Waals surface area contributed by atoms with Crippen LogP contribution < -0.4 is 4.90 Å². The molecular weight excluding hydrogens is 354 g/mol. The number of rotatable bonds is 4. The Morgan fingerprint density at radius 1 is 1.11 bits per heavy atom. The van der Waals surface area contributed by atoms with Crippen molar-refractivity contribution in [2.75, 3.05) is 11.9 Å². The minimum atomic E-state index is 0.626. The number of fused-ring (bicyclic) bond motifs is 1. The SMILES string of the molecule is Cc1cc(N(C)c2ccc(-n3cccc3-c3nnn[nH]3)cc2)n2cncc2n1. The summed E-state index contributed by atoms with van der Waals surface area (Å²) >= 11 is 0. The zero-order valence-corrected chi connectivity index (χ0v) is 15.4. The molecule has 138 valence electrons. The van der Waals surface area contributed by atoms with Crippen LogP contribution in [0.3, 0.4) is 0 Å². The quantitative estimate of drug-likeness (QED) is 0.522. The molecule has 0 saturated heterocycles. The average Bonchev–Trinajstić information content (AvgIpc) is 3.47. The van der Waals surface area contributed by atoms with E-state index >= 15 is 0 Å². The lowest BCUT2D eigenvalue weighted by molar-refractivity contribution is 0.881. The van der Waals surface area contributed by atoms with Gasteiger partial charge in [0.2, 0.25) is 0 Å². The highest BCUT2D eigenvalue weighted by molar-refractivity contribution is 5.64. The van der Waals surface area contributed by atoms with E-state index in [1.54, 1.807) is 12.5 Å². The van der Waals surface area contributed by atoms with Crippen LogP contribution in [0.4, 0.5) is 11.5 Å². The highest BCUT2D eigenvalue weighted by Crippen LogP contribution is 2.27. The summed E-state index contributed by atoms with van der Waals surface area (Å²) in [5.41, 5.74) is 4.75. The molecule has 4 heterocycles. The molecule has 0 atom stereocenters. The second-order valence-electron chi connectivity index (χ2n) is 6.47. The first kappa shape index (κ1) is 16.2. The third-order valence-corrected chi connectivity index (χ3v) is 4.69. The van der Waals surface area contributed by atoms with Crippen molar-refractivity contribution in [1.29, 1.82) is 0 Å². The van der Waals surface area contributed by atoms with E-state index in [-0.39, 0.29) is 0 Å². The monoisotopic (exact) mass is 371 g/mol. The molecule has 0 bridgehead atoms. The highest BCUT2D eigenvalue weighted by Gasteiger charge is 2.12. The fraction of sp³-hybridized carbons (Fsp3) is 0.105. The van der Waals surface area contributed by atoms with Gasteiger partial charge in [0.1, 0.15) is 12.1 Å². The van der Waals surface area contributed by atoms with Crippen molar-refractivity contribution >= 4 is 17.2 Å². The van der Waals surface area contributed by atoms with E-state index in [1.165, 1.54) is 0 Å². The molecule has 28 heavy (non-hydrogen) atoms. The number of imidazole rings is 1. The number of nitrogens with zero attached hydrogens (tertiary/aromatic N) is 8. The van der Waals surface area contributed by atoms with Gasteiger partial charge in [-0.2, -0.15) is 0 Å². The molecule has 4 aromatic heterocycles. The second-order valence-corrected chi connectivity index (χ2v) is 6.47. The molecule has 9 nitrogen and oxygen atoms in total. The Labute approximate surface area is 160 Å². The van der Waals surface area contributed by atoms with E-state index in [1.807, 2.05) is 47.3 Å². The zero-order valence-electron chi connectivity index (χ0n) is 15.4. The van der Waals surface area contributed by atoms with Crippen molar-refractivity contribution in [2.45, 2.75) is 6.92 Å². The lowest BCUT2D eigenvalue weighted by Crippen LogP contribution is -2.14. The maximum atomic E-state index is 4.51. The molecule has 1 aromatic carbocycles. The fourth-order valence-electron chi connectivity index (χ4n) is 3.31. The molecule has 0 unspecified atom stereocenters. The number of hydrogen-bond acceptors (Lipinski definition) is 6. The first-order chi connectivity index (χ1) is 13.7. The van der Waals surface area contributed by atoms with E-state index in [4.69, 9.17) is 0 Å². The number of anilines is 2. The first-order valence-corrected chi connectivity index (χ1v) is 8.76. The molecule has 1 N–H and O–H groups in total. The van der Waals surface area contributed by atoms with Gasteiger partial charge in [-0.1, -0.05) is 0 Å². The van der Waals surface area contributed by atoms with Gasteiger partial charge in [-0.3, -0.25) is 4.40 Å². The van der Waals surface area contributed by atoms with E-state index < -0.39 is 0 Å². The van der Waals surface area contributed by atoms with Gasteiger partial charge in [-0.25, -0.2) is 15.1 Å². The Morgan fingerprint density at radius 2 is 1.96 bits per heavy atom. The van der Waals surface area contributed by atoms with E-state index in [0.717, 1.165) is 34.2 Å². The van der Waals surface area contributed by atoms with Gasteiger partial charge in [-0.15, -0.1) is 5.10 Å². The van der Waals surface area contributed by atoms with E-state index in [9.17, 15) is 0 Å². The topological polar surface area (TPSA) is 92.8 Å². The summed E-state index contributed by atoms with van der Waals surface area (Å²) in [7, 11) is 2.03. The number of aromatic nitrogens is 8. The van der Waals surface area contributed by atoms with Crippen LogP contribution in [0.2, 0.25) is 0 Å². The van der Waals surface area contributed by atoms with Gasteiger partial charge in [0.05, 0.1) is 11.9 Å². The molecule has 5 aromatic rings. The lowest BCUT2D eigenvalue weighted by Gasteiger charge is -2.21. The van der Waals surface area contributed by atoms with Crippen LogP contribution in [0.1, 0.15) is 5.69 Å². The van der Waals surface area contributed by atoms with Gasteiger partial charge in [0, 0.05) is 36.4 Å². The minimum absolute atomic E-state index is 0.626. The summed E-state index contributed by atoms with van der Waals surface area (Å²) in [5, 5.41) is 14.1. The largest absolute Gasteiger partial charge is 0.330 e. The molecule has 0 saturated carbocycles. The van der Waals surface area contributed by atoms with Gasteiger partial charge in [0.25, 0.3) is 0 Å². The van der Waals surface area contributed by atoms with Crippen molar-refractivity contribution in [3.63, 3.8) is 0 Å². The normalized spacial score (nSPS) is 11.2. The van der Waals surface area contributed by atoms with Gasteiger partial charge in [-0.05, 0) is 53.7 Å². The summed E-state index contributed by atoms with van der Waals surface area (Å²) < 4.78 is 4.01. The Hall–Kier alpha value is -4.01. The van der Waals surface area contributed by atoms with Gasteiger partial charge in [0.15, 0.2) is 11.5 Å². The van der Waals surface area contributed by atoms with Crippen LogP contribution >= 0.6 is 0 Å². The fourth-order valence-corrected chi connectivity index (χ4v) is 3.31. The number of aromatic amines is 1. The highest BCUT2D eigenvalue weighted by atomic mass is 15.5. The smallest absolute Gasteiger partial charge is 0.196 e. The molecule has 9 heteroatoms. The van der Waals surface area contributed by atoms with Gasteiger partial charge < -0.3 is 9.47 Å².